The molecule has 0 aromatic heterocycles. The molecular formula is C14H18Cl2N2O2. The maximum Gasteiger partial charge on any atom is 0.317 e. The molecule has 0 aliphatic heterocycles. The minimum atomic E-state index is -0.135. The van der Waals surface area contributed by atoms with Gasteiger partial charge in [-0.05, 0) is 37.0 Å². The maximum absolute atomic E-state index is 12.0. The molecule has 2 amide bonds. The van der Waals surface area contributed by atoms with Gasteiger partial charge in [0.2, 0.25) is 0 Å². The summed E-state index contributed by atoms with van der Waals surface area (Å²) in [5, 5.41) is 13.1. The zero-order valence-corrected chi connectivity index (χ0v) is 12.6. The van der Waals surface area contributed by atoms with Crippen molar-refractivity contribution < 1.29 is 9.90 Å². The average Bonchev–Trinajstić information content (AvgIpc) is 3.23. The summed E-state index contributed by atoms with van der Waals surface area (Å²) in [5.74, 6) is 0. The summed E-state index contributed by atoms with van der Waals surface area (Å²) < 4.78 is 0. The number of halogens is 2. The summed E-state index contributed by atoms with van der Waals surface area (Å²) in [6, 6.07) is 5.51. The summed E-state index contributed by atoms with van der Waals surface area (Å²) in [6.45, 7) is 0.834. The third-order valence-corrected chi connectivity index (χ3v) is 4.01. The van der Waals surface area contributed by atoms with E-state index in [4.69, 9.17) is 28.3 Å². The largest absolute Gasteiger partial charge is 0.395 e. The summed E-state index contributed by atoms with van der Waals surface area (Å²) in [7, 11) is 0. The van der Waals surface area contributed by atoms with E-state index >= 15 is 0 Å². The van der Waals surface area contributed by atoms with Gasteiger partial charge in [-0.3, -0.25) is 0 Å². The zero-order valence-electron chi connectivity index (χ0n) is 11.1. The van der Waals surface area contributed by atoms with Gasteiger partial charge in [-0.2, -0.15) is 0 Å². The van der Waals surface area contributed by atoms with Crippen molar-refractivity contribution in [2.45, 2.75) is 25.3 Å². The van der Waals surface area contributed by atoms with Crippen LogP contribution >= 0.6 is 23.2 Å². The summed E-state index contributed by atoms with van der Waals surface area (Å²) in [4.78, 5) is 13.7. The Kier molecular flexibility index (Phi) is 5.52. The van der Waals surface area contributed by atoms with Crippen LogP contribution in [0.25, 0.3) is 0 Å². The number of benzene rings is 1. The van der Waals surface area contributed by atoms with Crippen molar-refractivity contribution in [2.24, 2.45) is 0 Å². The number of carbonyl (C=O) groups excluding carboxylic acids is 1. The fraction of sp³-hybridized carbons (Fsp3) is 0.500. The van der Waals surface area contributed by atoms with Crippen molar-refractivity contribution in [1.29, 1.82) is 0 Å². The van der Waals surface area contributed by atoms with Gasteiger partial charge in [0, 0.05) is 29.2 Å². The van der Waals surface area contributed by atoms with Gasteiger partial charge in [-0.15, -0.1) is 0 Å². The lowest BCUT2D eigenvalue weighted by Gasteiger charge is -2.21. The Bertz CT molecular complexity index is 458. The maximum atomic E-state index is 12.0. The average molecular weight is 317 g/mol. The van der Waals surface area contributed by atoms with Crippen molar-refractivity contribution in [1.82, 2.24) is 10.2 Å². The quantitative estimate of drug-likeness (QED) is 0.847. The van der Waals surface area contributed by atoms with Gasteiger partial charge in [0.1, 0.15) is 0 Å². The van der Waals surface area contributed by atoms with Crippen molar-refractivity contribution >= 4 is 29.2 Å². The third-order valence-electron chi connectivity index (χ3n) is 3.30. The second kappa shape index (κ2) is 7.16. The summed E-state index contributed by atoms with van der Waals surface area (Å²) in [5.41, 5.74) is 0.844. The van der Waals surface area contributed by atoms with E-state index in [1.807, 2.05) is 0 Å². The van der Waals surface area contributed by atoms with E-state index in [2.05, 4.69) is 5.32 Å². The monoisotopic (exact) mass is 316 g/mol. The smallest absolute Gasteiger partial charge is 0.317 e. The molecule has 0 spiro atoms. The molecule has 0 unspecified atom stereocenters. The van der Waals surface area contributed by atoms with E-state index in [1.165, 1.54) is 0 Å². The predicted octanol–water partition coefficient (Wildman–Crippen LogP) is 2.70. The normalized spacial score (nSPS) is 14.2. The highest BCUT2D eigenvalue weighted by atomic mass is 35.5. The summed E-state index contributed by atoms with van der Waals surface area (Å²) >= 11 is 12.2. The number of hydrogen-bond donors (Lipinski definition) is 2. The number of urea groups is 1. The molecule has 0 bridgehead atoms. The molecule has 2 rings (SSSR count). The fourth-order valence-corrected chi connectivity index (χ4v) is 2.70. The lowest BCUT2D eigenvalue weighted by Crippen LogP contribution is -2.43. The molecule has 1 aliphatic rings. The number of amides is 2. The lowest BCUT2D eigenvalue weighted by atomic mass is 10.1. The Hall–Kier alpha value is -0.970. The number of rotatable bonds is 6. The Morgan fingerprint density at radius 2 is 2.00 bits per heavy atom. The molecule has 2 N–H and O–H groups in total. The molecule has 0 atom stereocenters. The van der Waals surface area contributed by atoms with E-state index in [1.54, 1.807) is 23.1 Å². The molecule has 0 radical (unpaired) electrons. The molecule has 1 fully saturated rings. The Morgan fingerprint density at radius 1 is 1.35 bits per heavy atom. The van der Waals surface area contributed by atoms with Crippen LogP contribution in [-0.2, 0) is 6.42 Å². The van der Waals surface area contributed by atoms with E-state index in [0.717, 1.165) is 18.4 Å². The second-order valence-corrected chi connectivity index (χ2v) is 5.64. The van der Waals surface area contributed by atoms with Crippen LogP contribution in [0.4, 0.5) is 4.79 Å². The van der Waals surface area contributed by atoms with Gasteiger partial charge in [0.15, 0.2) is 0 Å². The third kappa shape index (κ3) is 4.01. The Morgan fingerprint density at radius 3 is 2.55 bits per heavy atom. The molecule has 1 aromatic carbocycles. The van der Waals surface area contributed by atoms with Crippen LogP contribution in [0.2, 0.25) is 10.0 Å². The van der Waals surface area contributed by atoms with Gasteiger partial charge in [-0.1, -0.05) is 29.3 Å². The van der Waals surface area contributed by atoms with Crippen molar-refractivity contribution in [3.05, 3.63) is 33.8 Å². The predicted molar refractivity (Wildman–Crippen MR) is 80.4 cm³/mol. The van der Waals surface area contributed by atoms with Crippen LogP contribution in [0.15, 0.2) is 18.2 Å². The van der Waals surface area contributed by atoms with Crippen LogP contribution in [0.1, 0.15) is 18.4 Å². The van der Waals surface area contributed by atoms with Gasteiger partial charge in [0.25, 0.3) is 0 Å². The van der Waals surface area contributed by atoms with Gasteiger partial charge in [0.05, 0.1) is 6.61 Å². The highest BCUT2D eigenvalue weighted by Crippen LogP contribution is 2.27. The number of nitrogens with zero attached hydrogens (tertiary/aromatic N) is 1. The molecule has 1 aliphatic carbocycles. The molecular weight excluding hydrogens is 299 g/mol. The van der Waals surface area contributed by atoms with Crippen molar-refractivity contribution in [2.75, 3.05) is 19.7 Å². The molecule has 0 saturated heterocycles. The highest BCUT2D eigenvalue weighted by molar-refractivity contribution is 6.35. The lowest BCUT2D eigenvalue weighted by molar-refractivity contribution is 0.174. The number of hydrogen-bond acceptors (Lipinski definition) is 2. The minimum absolute atomic E-state index is 0.0136. The van der Waals surface area contributed by atoms with Crippen molar-refractivity contribution in [3.63, 3.8) is 0 Å². The minimum Gasteiger partial charge on any atom is -0.395 e. The van der Waals surface area contributed by atoms with E-state index in [-0.39, 0.29) is 18.7 Å². The number of aliphatic hydroxyl groups excluding tert-OH is 1. The number of nitrogens with one attached hydrogen (secondary N) is 1. The first kappa shape index (κ1) is 15.4. The topological polar surface area (TPSA) is 52.6 Å². The number of carbonyl (C=O) groups is 1. The first-order valence-corrected chi connectivity index (χ1v) is 7.47. The van der Waals surface area contributed by atoms with Crippen LogP contribution in [0.5, 0.6) is 0 Å². The molecule has 0 heterocycles. The molecule has 1 saturated carbocycles. The Labute approximate surface area is 128 Å². The van der Waals surface area contributed by atoms with Gasteiger partial charge >= 0.3 is 6.03 Å². The van der Waals surface area contributed by atoms with Gasteiger partial charge < -0.3 is 15.3 Å². The number of aliphatic hydroxyl groups is 1. The first-order valence-electron chi connectivity index (χ1n) is 6.71. The van der Waals surface area contributed by atoms with E-state index in [0.29, 0.717) is 29.6 Å². The van der Waals surface area contributed by atoms with Crippen LogP contribution < -0.4 is 5.32 Å². The van der Waals surface area contributed by atoms with E-state index in [9.17, 15) is 4.79 Å². The van der Waals surface area contributed by atoms with Crippen LogP contribution in [-0.4, -0.2) is 41.8 Å². The highest BCUT2D eigenvalue weighted by Gasteiger charge is 2.31. The molecule has 1 aromatic rings. The van der Waals surface area contributed by atoms with Crippen molar-refractivity contribution in [3.8, 4) is 0 Å². The second-order valence-electron chi connectivity index (χ2n) is 4.83. The Balaban J connectivity index is 1.84. The standard InChI is InChI=1S/C14H18Cl2N2O2/c15-12-2-1-3-13(16)11(12)6-7-17-14(20)18(8-9-19)10-4-5-10/h1-3,10,19H,4-9H2,(H,17,20). The van der Waals surface area contributed by atoms with Gasteiger partial charge in [-0.25, -0.2) is 4.79 Å². The fourth-order valence-electron chi connectivity index (χ4n) is 2.11. The molecule has 4 nitrogen and oxygen atoms in total. The zero-order chi connectivity index (χ0) is 14.5. The van der Waals surface area contributed by atoms with E-state index < -0.39 is 0 Å². The first-order chi connectivity index (χ1) is 9.63. The van der Waals surface area contributed by atoms with Crippen LogP contribution in [0, 0.1) is 0 Å². The molecule has 20 heavy (non-hydrogen) atoms. The summed E-state index contributed by atoms with van der Waals surface area (Å²) in [6.07, 6.45) is 2.62. The SMILES string of the molecule is O=C(NCCc1c(Cl)cccc1Cl)N(CCO)C1CC1. The molecule has 6 heteroatoms. The molecule has 110 valence electrons. The van der Waals surface area contributed by atoms with Crippen LogP contribution in [0.3, 0.4) is 0 Å².